The highest BCUT2D eigenvalue weighted by molar-refractivity contribution is 6.15. The average molecular weight is 559 g/mol. The Morgan fingerprint density at radius 2 is 1.07 bits per heavy atom. The Morgan fingerprint density at radius 3 is 1.55 bits per heavy atom. The van der Waals surface area contributed by atoms with Crippen LogP contribution in [0.5, 0.6) is 0 Å². The number of fused-ring (bicyclic) bond motifs is 2. The number of benzene rings is 4. The van der Waals surface area contributed by atoms with Crippen molar-refractivity contribution in [2.45, 2.75) is 40.5 Å². The first-order chi connectivity index (χ1) is 18.5. The van der Waals surface area contributed by atoms with Gasteiger partial charge in [-0.2, -0.15) is 0 Å². The molecule has 7 heteroatoms. The van der Waals surface area contributed by atoms with E-state index in [1.54, 1.807) is 6.07 Å². The Labute approximate surface area is 241 Å². The Kier molecular flexibility index (Phi) is 11.3. The largest absolute Gasteiger partial charge is 0.398 e. The lowest BCUT2D eigenvalue weighted by molar-refractivity contribution is -0.385. The number of carbonyl (C=O) groups excluding carboxylic acids is 2. The Morgan fingerprint density at radius 1 is 0.650 bits per heavy atom. The number of carbonyl (C=O) groups is 2. The van der Waals surface area contributed by atoms with Gasteiger partial charge in [0.05, 0.1) is 10.5 Å². The van der Waals surface area contributed by atoms with Crippen LogP contribution in [0.25, 0.3) is 22.3 Å². The van der Waals surface area contributed by atoms with Crippen LogP contribution in [0.3, 0.4) is 0 Å². The molecular weight excluding hydrogens is 524 g/mol. The smallest absolute Gasteiger partial charge is 0.280 e. The minimum atomic E-state index is -0.475. The second kappa shape index (κ2) is 14.2. The lowest BCUT2D eigenvalue weighted by Crippen LogP contribution is -2.00. The third kappa shape index (κ3) is 6.29. The summed E-state index contributed by atoms with van der Waals surface area (Å²) in [4.78, 5) is 34.2. The fraction of sp³-hybridized carbons (Fsp3) is 0.212. The highest BCUT2D eigenvalue weighted by Crippen LogP contribution is 2.38. The maximum atomic E-state index is 11.9. The molecule has 40 heavy (non-hydrogen) atoms. The lowest BCUT2D eigenvalue weighted by Gasteiger charge is -2.09. The van der Waals surface area contributed by atoms with E-state index in [2.05, 4.69) is 23.7 Å². The van der Waals surface area contributed by atoms with E-state index in [4.69, 9.17) is 5.73 Å². The van der Waals surface area contributed by atoms with Gasteiger partial charge >= 0.3 is 0 Å². The van der Waals surface area contributed by atoms with Crippen LogP contribution in [-0.2, 0) is 12.8 Å². The van der Waals surface area contributed by atoms with E-state index < -0.39 is 4.92 Å². The molecule has 0 saturated heterocycles. The zero-order chi connectivity index (χ0) is 27.2. The van der Waals surface area contributed by atoms with Crippen molar-refractivity contribution >= 4 is 34.5 Å². The SMILES string of the molecule is C.C.CCl.Nc1ccc(-c2ccccc2)c2c1C(=O)CC2.O=C1CCc2c(-c3ccccc3)ccc([N+](=O)[O-])c21. The first kappa shape index (κ1) is 31.9. The number of nitro benzene ring substituents is 1. The molecule has 0 spiro atoms. The monoisotopic (exact) mass is 558 g/mol. The molecule has 0 saturated carbocycles. The van der Waals surface area contributed by atoms with E-state index in [-0.39, 0.29) is 32.1 Å². The van der Waals surface area contributed by atoms with Gasteiger partial charge in [0.15, 0.2) is 11.6 Å². The molecule has 0 heterocycles. The molecule has 2 aliphatic rings. The molecule has 4 aromatic rings. The van der Waals surface area contributed by atoms with Crippen molar-refractivity contribution < 1.29 is 14.5 Å². The molecule has 0 amide bonds. The van der Waals surface area contributed by atoms with Gasteiger partial charge in [0, 0.05) is 36.5 Å². The molecule has 2 aliphatic carbocycles. The van der Waals surface area contributed by atoms with Crippen molar-refractivity contribution in [3.05, 3.63) is 117 Å². The van der Waals surface area contributed by atoms with Gasteiger partial charge in [0.25, 0.3) is 5.69 Å². The summed E-state index contributed by atoms with van der Waals surface area (Å²) in [6.07, 6.45) is 3.81. The van der Waals surface area contributed by atoms with Crippen LogP contribution in [0.1, 0.15) is 59.5 Å². The average Bonchev–Trinajstić information content (AvgIpc) is 3.54. The molecule has 6 rings (SSSR count). The molecule has 0 fully saturated rings. The highest BCUT2D eigenvalue weighted by atomic mass is 35.5. The zero-order valence-electron chi connectivity index (χ0n) is 20.9. The third-order valence-electron chi connectivity index (χ3n) is 6.76. The number of nitro groups is 1. The first-order valence-corrected chi connectivity index (χ1v) is 13.0. The molecule has 0 unspecified atom stereocenters. The van der Waals surface area contributed by atoms with Crippen molar-refractivity contribution in [3.63, 3.8) is 0 Å². The number of hydrogen-bond donors (Lipinski definition) is 1. The minimum Gasteiger partial charge on any atom is -0.398 e. The minimum absolute atomic E-state index is 0. The van der Waals surface area contributed by atoms with Crippen LogP contribution in [0.4, 0.5) is 11.4 Å². The summed E-state index contributed by atoms with van der Waals surface area (Å²) < 4.78 is 0. The van der Waals surface area contributed by atoms with Crippen LogP contribution in [0.15, 0.2) is 84.9 Å². The van der Waals surface area contributed by atoms with Gasteiger partial charge < -0.3 is 5.73 Å². The number of halogens is 1. The third-order valence-corrected chi connectivity index (χ3v) is 6.76. The van der Waals surface area contributed by atoms with Crippen LogP contribution >= 0.6 is 11.6 Å². The number of rotatable bonds is 3. The molecule has 0 bridgehead atoms. The lowest BCUT2D eigenvalue weighted by atomic mass is 9.96. The Hall–Kier alpha value is -4.29. The summed E-state index contributed by atoms with van der Waals surface area (Å²) in [6.45, 7) is 0. The maximum Gasteiger partial charge on any atom is 0.280 e. The molecule has 0 atom stereocenters. The number of nitrogen functional groups attached to an aromatic ring is 1. The van der Waals surface area contributed by atoms with Crippen molar-refractivity contribution in [2.24, 2.45) is 0 Å². The summed E-state index contributed by atoms with van der Waals surface area (Å²) in [5.41, 5.74) is 13.6. The highest BCUT2D eigenvalue weighted by Gasteiger charge is 2.31. The summed E-state index contributed by atoms with van der Waals surface area (Å²) in [6, 6.07) is 26.8. The van der Waals surface area contributed by atoms with Gasteiger partial charge in [-0.3, -0.25) is 19.7 Å². The van der Waals surface area contributed by atoms with Crippen LogP contribution in [0.2, 0.25) is 0 Å². The maximum absolute atomic E-state index is 11.9. The Bertz CT molecular complexity index is 1500. The Balaban J connectivity index is 0.000000253. The quantitative estimate of drug-likeness (QED) is 0.117. The molecule has 0 aliphatic heterocycles. The van der Waals surface area contributed by atoms with Gasteiger partial charge in [-0.05, 0) is 58.4 Å². The topological polar surface area (TPSA) is 103 Å². The van der Waals surface area contributed by atoms with E-state index in [9.17, 15) is 19.7 Å². The number of nitrogens with zero attached hydrogens (tertiary/aromatic N) is 1. The number of Topliss-reactive ketones (excluding diaryl/α,β-unsaturated/α-hetero) is 2. The van der Waals surface area contributed by atoms with E-state index in [0.717, 1.165) is 45.4 Å². The van der Waals surface area contributed by atoms with E-state index in [1.165, 1.54) is 12.4 Å². The number of alkyl halides is 1. The van der Waals surface area contributed by atoms with Gasteiger partial charge in [0.1, 0.15) is 0 Å². The molecular formula is C33H35ClN2O4. The first-order valence-electron chi connectivity index (χ1n) is 12.2. The van der Waals surface area contributed by atoms with E-state index in [0.29, 0.717) is 30.5 Å². The molecule has 0 radical (unpaired) electrons. The van der Waals surface area contributed by atoms with Crippen LogP contribution in [0, 0.1) is 10.1 Å². The van der Waals surface area contributed by atoms with E-state index >= 15 is 0 Å². The van der Waals surface area contributed by atoms with Gasteiger partial charge in [-0.1, -0.05) is 81.6 Å². The zero-order valence-corrected chi connectivity index (χ0v) is 21.7. The van der Waals surface area contributed by atoms with Crippen molar-refractivity contribution in [3.8, 4) is 22.3 Å². The molecule has 4 aromatic carbocycles. The van der Waals surface area contributed by atoms with E-state index in [1.807, 2.05) is 60.7 Å². The van der Waals surface area contributed by atoms with Crippen molar-refractivity contribution in [1.29, 1.82) is 0 Å². The standard InChI is InChI=1S/C15H11NO3.C15H13NO.CH3Cl.2CH4/c17-14-9-7-12-11(10-4-2-1-3-5-10)6-8-13(15(12)14)16(18)19;16-13-8-6-11(10-4-2-1-3-5-10)12-7-9-14(17)15(12)13;1-2;;/h1-6,8H,7,9H2;1-6,8H,7,9,16H2;1H3;2*1H4. The fourth-order valence-electron chi connectivity index (χ4n) is 5.12. The summed E-state index contributed by atoms with van der Waals surface area (Å²) in [5.74, 6) is 0.0507. The van der Waals surface area contributed by atoms with Crippen molar-refractivity contribution in [1.82, 2.24) is 0 Å². The molecule has 6 nitrogen and oxygen atoms in total. The summed E-state index contributed by atoms with van der Waals surface area (Å²) in [5, 5.41) is 11.0. The predicted octanol–water partition coefficient (Wildman–Crippen LogP) is 8.58. The number of ketones is 2. The molecule has 208 valence electrons. The second-order valence-electron chi connectivity index (χ2n) is 8.88. The second-order valence-corrected chi connectivity index (χ2v) is 8.88. The van der Waals surface area contributed by atoms with Crippen LogP contribution < -0.4 is 5.73 Å². The number of hydrogen-bond acceptors (Lipinski definition) is 5. The molecule has 0 aromatic heterocycles. The van der Waals surface area contributed by atoms with Gasteiger partial charge in [0.2, 0.25) is 0 Å². The van der Waals surface area contributed by atoms with Crippen molar-refractivity contribution in [2.75, 3.05) is 12.1 Å². The summed E-state index contributed by atoms with van der Waals surface area (Å²) in [7, 11) is 0. The van der Waals surface area contributed by atoms with Crippen LogP contribution in [-0.4, -0.2) is 22.9 Å². The molecule has 2 N–H and O–H groups in total. The number of nitrogens with two attached hydrogens (primary N) is 1. The van der Waals surface area contributed by atoms with Gasteiger partial charge in [-0.25, -0.2) is 0 Å². The van der Waals surface area contributed by atoms with Gasteiger partial charge in [-0.15, -0.1) is 11.6 Å². The summed E-state index contributed by atoms with van der Waals surface area (Å²) >= 11 is 4.64. The normalized spacial score (nSPS) is 12.3. The fourth-order valence-corrected chi connectivity index (χ4v) is 5.12. The predicted molar refractivity (Wildman–Crippen MR) is 165 cm³/mol. The number of anilines is 1.